The third-order valence-electron chi connectivity index (χ3n) is 7.94. The first-order valence-corrected chi connectivity index (χ1v) is 21.1. The van der Waals surface area contributed by atoms with Gasteiger partial charge in [-0.15, -0.1) is 12.2 Å². The number of hydrogen-bond acceptors (Lipinski definition) is 8. The largest absolute Gasteiger partial charge is 3.00 e. The van der Waals surface area contributed by atoms with Gasteiger partial charge in [-0.3, -0.25) is 16.2 Å². The Labute approximate surface area is 386 Å². The Morgan fingerprint density at radius 2 is 0.587 bits per heavy atom. The van der Waals surface area contributed by atoms with Gasteiger partial charge in [0.2, 0.25) is 0 Å². The molecule has 0 bridgehead atoms. The maximum Gasteiger partial charge on any atom is 3.00 e. The molecule has 0 aromatic heterocycles. The van der Waals surface area contributed by atoms with E-state index in [2.05, 4.69) is 221 Å². The van der Waals surface area contributed by atoms with E-state index in [0.717, 1.165) is 28.4 Å². The van der Waals surface area contributed by atoms with Gasteiger partial charge in [0, 0.05) is 0 Å². The van der Waals surface area contributed by atoms with Crippen molar-refractivity contribution >= 4 is 71.5 Å². The van der Waals surface area contributed by atoms with Gasteiger partial charge in [-0.05, 0) is 47.7 Å². The molecule has 6 aromatic rings. The molecule has 0 atom stereocenters. The molecule has 0 aliphatic carbocycles. The number of methoxy groups -OCH3 is 4. The van der Waals surface area contributed by atoms with Gasteiger partial charge in [0.1, 0.15) is 0 Å². The van der Waals surface area contributed by atoms with Crippen molar-refractivity contribution in [3.63, 3.8) is 0 Å². The average molecular weight is 1060 g/mol. The predicted octanol–water partition coefficient (Wildman–Crippen LogP) is 6.59. The molecular formula is C51H45IrO9P2. The van der Waals surface area contributed by atoms with Gasteiger partial charge in [-0.25, -0.2) is 11.1 Å². The fraction of sp³-hybridized carbons (Fsp3) is 0.0784. The summed E-state index contributed by atoms with van der Waals surface area (Å²) in [5.74, 6) is -4.32. The molecule has 0 amide bonds. The van der Waals surface area contributed by atoms with E-state index in [4.69, 9.17) is 4.65 Å². The van der Waals surface area contributed by atoms with Crippen LogP contribution in [0.3, 0.4) is 0 Å². The molecule has 0 unspecified atom stereocenters. The summed E-state index contributed by atoms with van der Waals surface area (Å²) < 4.78 is 24.8. The minimum Gasteiger partial charge on any atom is -0.521 e. The van der Waals surface area contributed by atoms with Gasteiger partial charge in [0.05, 0.1) is 28.4 Å². The summed E-state index contributed by atoms with van der Waals surface area (Å²) in [6, 6.07) is 64.7. The molecule has 0 aliphatic heterocycles. The van der Waals surface area contributed by atoms with Gasteiger partial charge in [0.25, 0.3) is 11.9 Å². The molecule has 6 rings (SSSR count). The fourth-order valence-electron chi connectivity index (χ4n) is 5.30. The van der Waals surface area contributed by atoms with Crippen LogP contribution in [0.1, 0.15) is 0 Å². The summed E-state index contributed by atoms with van der Waals surface area (Å²) >= 11 is 0. The maximum absolute atomic E-state index is 11.5. The minimum absolute atomic E-state index is 0. The fourth-order valence-corrected chi connectivity index (χ4v) is 9.91. The zero-order valence-corrected chi connectivity index (χ0v) is 39.2. The maximum atomic E-state index is 11.5. The number of hydrogen-bond donors (Lipinski definition) is 0. The first kappa shape index (κ1) is 54.7. The summed E-state index contributed by atoms with van der Waals surface area (Å²) in [4.78, 5) is 45.4. The minimum atomic E-state index is -1.10. The first-order valence-electron chi connectivity index (χ1n) is 18.4. The average Bonchev–Trinajstić information content (AvgIpc) is 3.35. The van der Waals surface area contributed by atoms with Crippen LogP contribution in [0.25, 0.3) is 0 Å². The number of carbonyl (C=O) groups is 4. The van der Waals surface area contributed by atoms with E-state index in [9.17, 15) is 19.2 Å². The molecule has 63 heavy (non-hydrogen) atoms. The van der Waals surface area contributed by atoms with Crippen LogP contribution in [0, 0.1) is 25.4 Å². The molecule has 0 spiro atoms. The first-order chi connectivity index (χ1) is 30.3. The van der Waals surface area contributed by atoms with E-state index in [1.807, 2.05) is 12.2 Å². The van der Waals surface area contributed by atoms with E-state index in [-0.39, 0.29) is 20.1 Å². The van der Waals surface area contributed by atoms with Crippen LogP contribution in [0.15, 0.2) is 200 Å². The third kappa shape index (κ3) is 18.3. The summed E-state index contributed by atoms with van der Waals surface area (Å²) in [5, 5.41) is 8.39. The Balaban J connectivity index is 0.000000450. The Morgan fingerprint density at radius 1 is 0.413 bits per heavy atom. The monoisotopic (exact) mass is 1060 g/mol. The van der Waals surface area contributed by atoms with Crippen molar-refractivity contribution in [2.45, 2.75) is 0 Å². The molecule has 0 saturated heterocycles. The van der Waals surface area contributed by atoms with Crippen molar-refractivity contribution in [1.82, 2.24) is 0 Å². The van der Waals surface area contributed by atoms with Gasteiger partial charge in [0.15, 0.2) is 11.9 Å². The molecule has 6 aromatic carbocycles. The Morgan fingerprint density at radius 3 is 0.730 bits per heavy atom. The molecule has 9 nitrogen and oxygen atoms in total. The van der Waals surface area contributed by atoms with Crippen LogP contribution in [0.2, 0.25) is 0 Å². The van der Waals surface area contributed by atoms with Crippen LogP contribution >= 0.6 is 15.8 Å². The second-order valence-electron chi connectivity index (χ2n) is 11.7. The Kier molecular flexibility index (Phi) is 28.1. The van der Waals surface area contributed by atoms with Crippen molar-refractivity contribution in [2.75, 3.05) is 28.4 Å². The molecule has 0 fully saturated rings. The topological polar surface area (TPSA) is 125 Å². The normalized spacial score (nSPS) is 10.1. The van der Waals surface area contributed by atoms with E-state index in [1.54, 1.807) is 0 Å². The molecular weight excluding hydrogens is 1010 g/mol. The predicted molar refractivity (Wildman–Crippen MR) is 246 cm³/mol. The number of benzene rings is 6. The Hall–Kier alpha value is -6.33. The second-order valence-corrected chi connectivity index (χ2v) is 16.1. The molecule has 0 saturated carbocycles. The van der Waals surface area contributed by atoms with Gasteiger partial charge < -0.3 is 35.1 Å². The molecule has 0 N–H and O–H groups in total. The van der Waals surface area contributed by atoms with Crippen molar-refractivity contribution < 1.29 is 62.9 Å². The number of ether oxygens (including phenoxy) is 4. The molecule has 0 aliphatic rings. The summed E-state index contributed by atoms with van der Waals surface area (Å²) in [5.41, 5.74) is -1.34. The summed E-state index contributed by atoms with van der Waals surface area (Å²) in [6.45, 7) is 11.5. The zero-order valence-electron chi connectivity index (χ0n) is 35.0. The van der Waals surface area contributed by atoms with E-state index < -0.39 is 50.9 Å². The van der Waals surface area contributed by atoms with Crippen LogP contribution in [0.5, 0.6) is 0 Å². The summed E-state index contributed by atoms with van der Waals surface area (Å²) in [6.07, 6.45) is 3.87. The Bertz CT molecular complexity index is 1960. The molecule has 0 heterocycles. The number of esters is 4. The quantitative estimate of drug-likeness (QED) is 0.0271. The van der Waals surface area contributed by atoms with Crippen molar-refractivity contribution in [2.24, 2.45) is 0 Å². The van der Waals surface area contributed by atoms with Crippen molar-refractivity contribution in [3.05, 3.63) is 225 Å². The van der Waals surface area contributed by atoms with E-state index >= 15 is 0 Å². The third-order valence-corrected chi connectivity index (χ3v) is 12.8. The van der Waals surface area contributed by atoms with Crippen LogP contribution in [0.4, 0.5) is 0 Å². The molecule has 322 valence electrons. The molecule has 12 heteroatoms. The summed E-state index contributed by atoms with van der Waals surface area (Å²) in [7, 11) is 3.20. The second kappa shape index (κ2) is 32.4. The zero-order chi connectivity index (χ0) is 45.5. The van der Waals surface area contributed by atoms with Crippen molar-refractivity contribution in [3.8, 4) is 0 Å². The van der Waals surface area contributed by atoms with Gasteiger partial charge in [-0.2, -0.15) is 0 Å². The van der Waals surface area contributed by atoms with Gasteiger partial charge >= 0.3 is 31.4 Å². The number of rotatable bonds is 11. The smallest absolute Gasteiger partial charge is 0.521 e. The number of carbonyl (C=O) groups excluding carboxylic acids is 4. The van der Waals surface area contributed by atoms with Gasteiger partial charge in [-0.1, -0.05) is 182 Å². The van der Waals surface area contributed by atoms with Crippen LogP contribution in [-0.2, 0) is 62.9 Å². The standard InChI is InChI=1S/2C18H15P.C12H12O8.C2H3.CO.Ir/c2*1-4-10-16(11-5-1)19(17-12-6-2-7-13-17)18-14-8-3-9-15-18;1-17-9(13)5-7(11(15)19-3)8(12(16)20-4)6-10(14)18-2;2*1-2;/h2*1-15H;1-4H3;1H,2H2;;/q;;-2;-1;;+3. The van der Waals surface area contributed by atoms with E-state index in [1.165, 1.54) is 31.8 Å². The molecule has 0 radical (unpaired) electrons. The van der Waals surface area contributed by atoms with Crippen molar-refractivity contribution in [1.29, 1.82) is 0 Å². The van der Waals surface area contributed by atoms with Crippen LogP contribution in [-0.4, -0.2) is 52.3 Å². The van der Waals surface area contributed by atoms with E-state index in [0.29, 0.717) is 0 Å². The SMILES string of the molecule is COC(=O)[C-]=C(C(=O)OC)C(=[C-]C(=O)OC)C(=O)OC.[C-]#[O+].[CH-]=C.[Ir+3].c1ccc(P(c2ccccc2)c2ccccc2)cc1.c1ccc(P(c2ccccc2)c2ccccc2)cc1. The van der Waals surface area contributed by atoms with Crippen LogP contribution < -0.4 is 31.8 Å².